The van der Waals surface area contributed by atoms with Gasteiger partial charge in [-0.05, 0) is 63.1 Å². The lowest BCUT2D eigenvalue weighted by Gasteiger charge is -2.13. The van der Waals surface area contributed by atoms with Crippen LogP contribution in [0.3, 0.4) is 0 Å². The van der Waals surface area contributed by atoms with Crippen LogP contribution in [0.4, 0.5) is 0 Å². The van der Waals surface area contributed by atoms with E-state index in [4.69, 9.17) is 4.79 Å². The highest BCUT2D eigenvalue weighted by Crippen LogP contribution is 2.19. The number of rotatable bonds is 6. The number of allylic oxidation sites excluding steroid dienone is 1. The Bertz CT molecular complexity index is 733. The van der Waals surface area contributed by atoms with Crippen LogP contribution in [0.5, 0.6) is 0 Å². The van der Waals surface area contributed by atoms with Gasteiger partial charge in [0.1, 0.15) is 0 Å². The number of fused-ring (bicyclic) bond motifs is 1. The maximum absolute atomic E-state index is 11.1. The molecule has 2 aliphatic carbocycles. The molecule has 1 heterocycles. The first-order valence-corrected chi connectivity index (χ1v) is 15.5. The van der Waals surface area contributed by atoms with Gasteiger partial charge >= 0.3 is 0 Å². The van der Waals surface area contributed by atoms with Gasteiger partial charge in [0.15, 0.2) is 0 Å². The third kappa shape index (κ3) is 25.8. The summed E-state index contributed by atoms with van der Waals surface area (Å²) in [7, 11) is 3.83. The molecule has 236 valence electrons. The molecule has 1 saturated carbocycles. The van der Waals surface area contributed by atoms with E-state index in [9.17, 15) is 9.59 Å². The van der Waals surface area contributed by atoms with Crippen LogP contribution in [0, 0.1) is 0 Å². The highest BCUT2D eigenvalue weighted by molar-refractivity contribution is 5.80. The van der Waals surface area contributed by atoms with E-state index in [0.29, 0.717) is 12.5 Å². The highest BCUT2D eigenvalue weighted by atomic mass is 16.2. The van der Waals surface area contributed by atoms with Crippen molar-refractivity contribution in [1.82, 2.24) is 20.9 Å². The van der Waals surface area contributed by atoms with E-state index < -0.39 is 0 Å². The zero-order valence-electron chi connectivity index (χ0n) is 26.8. The summed E-state index contributed by atoms with van der Waals surface area (Å²) in [5.41, 5.74) is 8.41. The summed E-state index contributed by atoms with van der Waals surface area (Å²) < 4.78 is 0. The summed E-state index contributed by atoms with van der Waals surface area (Å²) in [5.74, 6) is 0.0228. The average molecular weight is 576 g/mol. The quantitative estimate of drug-likeness (QED) is 0.352. The van der Waals surface area contributed by atoms with Crippen LogP contribution >= 0.6 is 0 Å². The molecule has 0 aromatic heterocycles. The smallest absolute Gasteiger partial charge is 0.241 e. The van der Waals surface area contributed by atoms with Crippen molar-refractivity contribution in [2.24, 2.45) is 5.73 Å². The number of likely N-dealkylation sites (tertiary alicyclic amines) is 1. The minimum atomic E-state index is 0.0228. The normalized spacial score (nSPS) is 14.5. The first-order chi connectivity index (χ1) is 19.8. The number of hydrogen-bond acceptors (Lipinski definition) is 5. The number of aryl methyl sites for hydroxylation is 2. The van der Waals surface area contributed by atoms with Crippen LogP contribution in [0.15, 0.2) is 36.5 Å². The summed E-state index contributed by atoms with van der Waals surface area (Å²) in [6.45, 7) is 11.8. The number of nitrogens with two attached hydrogens (primary N) is 1. The van der Waals surface area contributed by atoms with Gasteiger partial charge in [-0.2, -0.15) is 0 Å². The van der Waals surface area contributed by atoms with Gasteiger partial charge in [-0.1, -0.05) is 90.1 Å². The molecule has 1 aromatic carbocycles. The number of amides is 3. The second-order valence-corrected chi connectivity index (χ2v) is 10.5. The van der Waals surface area contributed by atoms with Gasteiger partial charge in [0.25, 0.3) is 0 Å². The first-order valence-electron chi connectivity index (χ1n) is 15.5. The molecular formula is C33H61N5O3. The van der Waals surface area contributed by atoms with Gasteiger partial charge in [-0.25, -0.2) is 0 Å². The summed E-state index contributed by atoms with van der Waals surface area (Å²) in [4.78, 5) is 31.3. The molecule has 0 spiro atoms. The zero-order valence-corrected chi connectivity index (χ0v) is 26.8. The molecule has 0 radical (unpaired) electrons. The summed E-state index contributed by atoms with van der Waals surface area (Å²) in [6, 6.07) is 9.44. The molecule has 0 unspecified atom stereocenters. The molecule has 3 amide bonds. The molecule has 2 fully saturated rings. The third-order valence-electron chi connectivity index (χ3n) is 6.91. The fraction of sp³-hybridized carbons (Fsp3) is 0.667. The van der Waals surface area contributed by atoms with E-state index in [0.717, 1.165) is 38.0 Å². The van der Waals surface area contributed by atoms with Crippen LogP contribution in [0.1, 0.15) is 103 Å². The SMILES string of the molecule is C1CCCCC1.C=C(CC)NC.CNC(C)C.NC=O.O=CNCC(=O)N1CCCC1.c1ccc2c(c1)CCCC2. The van der Waals surface area contributed by atoms with E-state index in [2.05, 4.69) is 73.3 Å². The molecule has 1 aromatic rings. The largest absolute Gasteiger partial charge is 0.392 e. The van der Waals surface area contributed by atoms with Crippen molar-refractivity contribution in [3.8, 4) is 0 Å². The highest BCUT2D eigenvalue weighted by Gasteiger charge is 2.16. The van der Waals surface area contributed by atoms with Crippen molar-refractivity contribution in [2.75, 3.05) is 33.7 Å². The molecule has 8 nitrogen and oxygen atoms in total. The fourth-order valence-electron chi connectivity index (χ4n) is 4.12. The topological polar surface area (TPSA) is 117 Å². The minimum Gasteiger partial charge on any atom is -0.392 e. The summed E-state index contributed by atoms with van der Waals surface area (Å²) >= 11 is 0. The number of carbonyl (C=O) groups is 3. The lowest BCUT2D eigenvalue weighted by atomic mass is 9.92. The van der Waals surface area contributed by atoms with E-state index in [1.165, 1.54) is 64.2 Å². The molecule has 41 heavy (non-hydrogen) atoms. The second kappa shape index (κ2) is 30.1. The van der Waals surface area contributed by atoms with Gasteiger partial charge < -0.3 is 26.6 Å². The van der Waals surface area contributed by atoms with Crippen LogP contribution < -0.4 is 21.7 Å². The number of hydrogen-bond donors (Lipinski definition) is 4. The summed E-state index contributed by atoms with van der Waals surface area (Å²) in [5, 5.41) is 8.30. The molecule has 5 N–H and O–H groups in total. The molecule has 4 rings (SSSR count). The van der Waals surface area contributed by atoms with E-state index in [1.807, 2.05) is 14.1 Å². The van der Waals surface area contributed by atoms with Gasteiger partial charge in [-0.15, -0.1) is 0 Å². The lowest BCUT2D eigenvalue weighted by Crippen LogP contribution is -2.35. The zero-order chi connectivity index (χ0) is 31.1. The van der Waals surface area contributed by atoms with E-state index >= 15 is 0 Å². The maximum atomic E-state index is 11.1. The molecule has 1 saturated heterocycles. The molecule has 0 bridgehead atoms. The van der Waals surface area contributed by atoms with Crippen molar-refractivity contribution < 1.29 is 14.4 Å². The number of nitrogens with zero attached hydrogens (tertiary/aromatic N) is 1. The van der Waals surface area contributed by atoms with Crippen molar-refractivity contribution in [3.63, 3.8) is 0 Å². The number of carbonyl (C=O) groups excluding carboxylic acids is 3. The maximum Gasteiger partial charge on any atom is 0.241 e. The van der Waals surface area contributed by atoms with E-state index in [-0.39, 0.29) is 18.9 Å². The Kier molecular flexibility index (Phi) is 29.6. The average Bonchev–Trinajstić information content (AvgIpc) is 3.57. The Hall–Kier alpha value is -2.87. The monoisotopic (exact) mass is 575 g/mol. The molecule has 1 aliphatic heterocycles. The van der Waals surface area contributed by atoms with Gasteiger partial charge in [0, 0.05) is 31.9 Å². The van der Waals surface area contributed by atoms with Crippen molar-refractivity contribution in [3.05, 3.63) is 47.7 Å². The fourth-order valence-corrected chi connectivity index (χ4v) is 4.12. The van der Waals surface area contributed by atoms with Crippen LogP contribution in [-0.2, 0) is 27.2 Å². The van der Waals surface area contributed by atoms with Crippen LogP contribution in [-0.4, -0.2) is 63.4 Å². The lowest BCUT2D eigenvalue weighted by molar-refractivity contribution is -0.130. The molecule has 8 heteroatoms. The minimum absolute atomic E-state index is 0.0228. The Labute approximate surface area is 251 Å². The Balaban J connectivity index is 0. The predicted octanol–water partition coefficient (Wildman–Crippen LogP) is 5.11. The summed E-state index contributed by atoms with van der Waals surface area (Å²) in [6.07, 6.45) is 18.4. The molecule has 3 aliphatic rings. The first kappa shape index (κ1) is 40.3. The van der Waals surface area contributed by atoms with Gasteiger partial charge in [-0.3, -0.25) is 14.4 Å². The van der Waals surface area contributed by atoms with Crippen LogP contribution in [0.2, 0.25) is 0 Å². The predicted molar refractivity (Wildman–Crippen MR) is 174 cm³/mol. The standard InChI is InChI=1S/C10H12.C7H12N2O2.C6H12.C5H11N.C4H11N.CH3NO/c1-2-6-10-8-4-3-7-9(10)5-1;10-6-8-5-7(11)9-3-1-2-4-9;1-2-4-6-5-3-1;1-4-5(2)6-3;1-4(2)5-3;2-1-3/h1-2,5-6H,3-4,7-8H2;6H,1-5H2,(H,8,10);1-6H2;6H,2,4H2,1,3H3;4-5H,1-3H3;1H,(H2,2,3). The van der Waals surface area contributed by atoms with Crippen molar-refractivity contribution in [1.29, 1.82) is 0 Å². The number of nitrogens with one attached hydrogen (secondary N) is 3. The number of primary amides is 1. The Morgan fingerprint density at radius 3 is 1.61 bits per heavy atom. The van der Waals surface area contributed by atoms with Crippen LogP contribution in [0.25, 0.3) is 0 Å². The second-order valence-electron chi connectivity index (χ2n) is 10.5. The van der Waals surface area contributed by atoms with Crippen molar-refractivity contribution >= 4 is 18.7 Å². The third-order valence-corrected chi connectivity index (χ3v) is 6.91. The van der Waals surface area contributed by atoms with E-state index in [1.54, 1.807) is 16.0 Å². The Morgan fingerprint density at radius 2 is 1.32 bits per heavy atom. The van der Waals surface area contributed by atoms with Gasteiger partial charge in [0.05, 0.1) is 6.54 Å². The van der Waals surface area contributed by atoms with Crippen molar-refractivity contribution in [2.45, 2.75) is 110 Å². The Morgan fingerprint density at radius 1 is 0.902 bits per heavy atom. The molecule has 0 atom stereocenters. The number of benzene rings is 1. The van der Waals surface area contributed by atoms with Gasteiger partial charge in [0.2, 0.25) is 18.7 Å². The molecular weight excluding hydrogens is 514 g/mol.